The fourth-order valence-electron chi connectivity index (χ4n) is 2.21. The maximum absolute atomic E-state index is 4.47. The van der Waals surface area contributed by atoms with E-state index in [1.165, 1.54) is 24.3 Å². The van der Waals surface area contributed by atoms with Crippen LogP contribution in [0, 0.1) is 5.92 Å². The van der Waals surface area contributed by atoms with E-state index in [9.17, 15) is 0 Å². The number of fused-ring (bicyclic) bond motifs is 1. The van der Waals surface area contributed by atoms with Crippen molar-refractivity contribution in [2.75, 3.05) is 23.4 Å². The fraction of sp³-hybridized carbons (Fsp3) is 0.500. The predicted molar refractivity (Wildman–Crippen MR) is 79.2 cm³/mol. The molecule has 0 bridgehead atoms. The molecule has 1 aliphatic heterocycles. The zero-order valence-electron chi connectivity index (χ0n) is 9.97. The van der Waals surface area contributed by atoms with Crippen molar-refractivity contribution in [1.29, 1.82) is 0 Å². The number of nitrogens with one attached hydrogen (secondary N) is 1. The SMILES string of the molecule is Brc1cn2ccnc2c(NCC2CCSCC2)n1. The van der Waals surface area contributed by atoms with Crippen LogP contribution in [0.2, 0.25) is 0 Å². The van der Waals surface area contributed by atoms with Crippen LogP contribution >= 0.6 is 27.7 Å². The van der Waals surface area contributed by atoms with Crippen LogP contribution < -0.4 is 5.32 Å². The standard InChI is InChI=1S/C12H15BrN4S/c13-10-8-17-4-3-14-12(17)11(16-10)15-7-9-1-5-18-6-2-9/h3-4,8-9H,1-2,5-7H2,(H,15,16). The van der Waals surface area contributed by atoms with E-state index in [1.54, 1.807) is 6.20 Å². The Morgan fingerprint density at radius 2 is 2.28 bits per heavy atom. The second-order valence-corrected chi connectivity index (χ2v) is 6.54. The fourth-order valence-corrected chi connectivity index (χ4v) is 3.81. The van der Waals surface area contributed by atoms with Crippen molar-refractivity contribution in [3.63, 3.8) is 0 Å². The molecule has 96 valence electrons. The zero-order valence-corrected chi connectivity index (χ0v) is 12.4. The minimum atomic E-state index is 0.766. The number of rotatable bonds is 3. The molecule has 3 rings (SSSR count). The van der Waals surface area contributed by atoms with E-state index in [0.717, 1.165) is 28.5 Å². The number of aromatic nitrogens is 3. The van der Waals surface area contributed by atoms with Crippen molar-refractivity contribution < 1.29 is 0 Å². The predicted octanol–water partition coefficient (Wildman–Crippen LogP) is 3.05. The van der Waals surface area contributed by atoms with Gasteiger partial charge in [-0.25, -0.2) is 9.97 Å². The first-order valence-electron chi connectivity index (χ1n) is 6.14. The Morgan fingerprint density at radius 3 is 3.11 bits per heavy atom. The first-order valence-corrected chi connectivity index (χ1v) is 8.08. The third-order valence-corrected chi connectivity index (χ3v) is 4.67. The lowest BCUT2D eigenvalue weighted by atomic mass is 10.0. The van der Waals surface area contributed by atoms with Gasteiger partial charge in [0, 0.05) is 25.1 Å². The van der Waals surface area contributed by atoms with Crippen LogP contribution in [0.1, 0.15) is 12.8 Å². The third kappa shape index (κ3) is 2.64. The van der Waals surface area contributed by atoms with Gasteiger partial charge in [0.15, 0.2) is 11.5 Å². The summed E-state index contributed by atoms with van der Waals surface area (Å²) in [6, 6.07) is 0. The van der Waals surface area contributed by atoms with Crippen LogP contribution in [-0.2, 0) is 0 Å². The first kappa shape index (κ1) is 12.3. The Labute approximate surface area is 119 Å². The highest BCUT2D eigenvalue weighted by Crippen LogP contribution is 2.24. The quantitative estimate of drug-likeness (QED) is 0.941. The molecule has 0 aromatic carbocycles. The monoisotopic (exact) mass is 326 g/mol. The average Bonchev–Trinajstić information content (AvgIpc) is 2.85. The van der Waals surface area contributed by atoms with Gasteiger partial charge in [-0.15, -0.1) is 0 Å². The zero-order chi connectivity index (χ0) is 12.4. The van der Waals surface area contributed by atoms with Gasteiger partial charge in [0.1, 0.15) is 4.60 Å². The van der Waals surface area contributed by atoms with Crippen molar-refractivity contribution >= 4 is 39.2 Å². The number of nitrogens with zero attached hydrogens (tertiary/aromatic N) is 3. The smallest absolute Gasteiger partial charge is 0.180 e. The van der Waals surface area contributed by atoms with E-state index in [0.29, 0.717) is 0 Å². The third-order valence-electron chi connectivity index (χ3n) is 3.24. The van der Waals surface area contributed by atoms with E-state index in [2.05, 4.69) is 43.0 Å². The van der Waals surface area contributed by atoms with E-state index in [4.69, 9.17) is 0 Å². The molecular formula is C12H15BrN4S. The van der Waals surface area contributed by atoms with Gasteiger partial charge in [0.25, 0.3) is 0 Å². The van der Waals surface area contributed by atoms with Gasteiger partial charge in [-0.05, 0) is 46.2 Å². The number of halogens is 1. The summed E-state index contributed by atoms with van der Waals surface area (Å²) in [5.74, 6) is 4.21. The largest absolute Gasteiger partial charge is 0.367 e. The summed E-state index contributed by atoms with van der Waals surface area (Å²) in [7, 11) is 0. The minimum Gasteiger partial charge on any atom is -0.367 e. The van der Waals surface area contributed by atoms with Crippen LogP contribution in [0.3, 0.4) is 0 Å². The highest BCUT2D eigenvalue weighted by atomic mass is 79.9. The molecule has 1 aliphatic rings. The number of hydrogen-bond acceptors (Lipinski definition) is 4. The molecule has 0 radical (unpaired) electrons. The van der Waals surface area contributed by atoms with E-state index in [-0.39, 0.29) is 0 Å². The maximum Gasteiger partial charge on any atom is 0.180 e. The Morgan fingerprint density at radius 1 is 1.44 bits per heavy atom. The molecule has 2 aromatic heterocycles. The summed E-state index contributed by atoms with van der Waals surface area (Å²) in [5.41, 5.74) is 0.892. The molecule has 0 spiro atoms. The Bertz CT molecular complexity index is 536. The average molecular weight is 327 g/mol. The number of anilines is 1. The lowest BCUT2D eigenvalue weighted by Crippen LogP contribution is -2.20. The Hall–Kier alpha value is -0.750. The lowest BCUT2D eigenvalue weighted by Gasteiger charge is -2.21. The second kappa shape index (κ2) is 5.48. The molecule has 0 atom stereocenters. The molecular weight excluding hydrogens is 312 g/mol. The molecule has 4 nitrogen and oxygen atoms in total. The van der Waals surface area contributed by atoms with Gasteiger partial charge in [-0.1, -0.05) is 0 Å². The molecule has 1 saturated heterocycles. The van der Waals surface area contributed by atoms with Crippen molar-refractivity contribution in [2.24, 2.45) is 5.92 Å². The van der Waals surface area contributed by atoms with Gasteiger partial charge < -0.3 is 9.72 Å². The summed E-state index contributed by atoms with van der Waals surface area (Å²) in [4.78, 5) is 8.81. The van der Waals surface area contributed by atoms with Crippen LogP contribution in [0.15, 0.2) is 23.2 Å². The Balaban J connectivity index is 1.75. The van der Waals surface area contributed by atoms with Crippen molar-refractivity contribution in [1.82, 2.24) is 14.4 Å². The van der Waals surface area contributed by atoms with Crippen LogP contribution in [-0.4, -0.2) is 32.4 Å². The van der Waals surface area contributed by atoms with E-state index < -0.39 is 0 Å². The second-order valence-electron chi connectivity index (χ2n) is 4.51. The lowest BCUT2D eigenvalue weighted by molar-refractivity contribution is 0.515. The summed E-state index contributed by atoms with van der Waals surface area (Å²) in [6.07, 6.45) is 8.26. The summed E-state index contributed by atoms with van der Waals surface area (Å²) in [5, 5.41) is 3.45. The highest BCUT2D eigenvalue weighted by Gasteiger charge is 2.14. The van der Waals surface area contributed by atoms with Crippen molar-refractivity contribution in [3.8, 4) is 0 Å². The van der Waals surface area contributed by atoms with Crippen molar-refractivity contribution in [2.45, 2.75) is 12.8 Å². The van der Waals surface area contributed by atoms with Gasteiger partial charge >= 0.3 is 0 Å². The summed E-state index contributed by atoms with van der Waals surface area (Å²) in [6.45, 7) is 0.993. The highest BCUT2D eigenvalue weighted by molar-refractivity contribution is 9.10. The maximum atomic E-state index is 4.47. The van der Waals surface area contributed by atoms with Crippen LogP contribution in [0.25, 0.3) is 5.65 Å². The normalized spacial score (nSPS) is 17.2. The molecule has 0 aliphatic carbocycles. The van der Waals surface area contributed by atoms with E-state index in [1.807, 2.05) is 16.8 Å². The van der Waals surface area contributed by atoms with Crippen LogP contribution in [0.5, 0.6) is 0 Å². The molecule has 1 fully saturated rings. The molecule has 0 saturated carbocycles. The van der Waals surface area contributed by atoms with Gasteiger partial charge in [-0.3, -0.25) is 0 Å². The molecule has 18 heavy (non-hydrogen) atoms. The van der Waals surface area contributed by atoms with Gasteiger partial charge in [0.05, 0.1) is 0 Å². The molecule has 0 unspecified atom stereocenters. The van der Waals surface area contributed by atoms with Crippen LogP contribution in [0.4, 0.5) is 5.82 Å². The number of imidazole rings is 1. The van der Waals surface area contributed by atoms with E-state index >= 15 is 0 Å². The molecule has 0 amide bonds. The minimum absolute atomic E-state index is 0.766. The molecule has 6 heteroatoms. The number of thioether (sulfide) groups is 1. The molecule has 3 heterocycles. The number of hydrogen-bond donors (Lipinski definition) is 1. The van der Waals surface area contributed by atoms with Gasteiger partial charge in [0.2, 0.25) is 0 Å². The van der Waals surface area contributed by atoms with Crippen molar-refractivity contribution in [3.05, 3.63) is 23.2 Å². The molecule has 1 N–H and O–H groups in total. The first-order chi connectivity index (χ1) is 8.83. The summed E-state index contributed by atoms with van der Waals surface area (Å²) >= 11 is 5.49. The Kier molecular flexibility index (Phi) is 3.75. The topological polar surface area (TPSA) is 42.2 Å². The molecule has 2 aromatic rings. The van der Waals surface area contributed by atoms with Gasteiger partial charge in [-0.2, -0.15) is 11.8 Å². The summed E-state index contributed by atoms with van der Waals surface area (Å²) < 4.78 is 2.81.